The van der Waals surface area contributed by atoms with E-state index >= 15 is 0 Å². The van der Waals surface area contributed by atoms with Gasteiger partial charge in [-0.2, -0.15) is 17.0 Å². The summed E-state index contributed by atoms with van der Waals surface area (Å²) in [5.74, 6) is 1.70. The zero-order valence-electron chi connectivity index (χ0n) is 13.0. The van der Waals surface area contributed by atoms with E-state index in [1.54, 1.807) is 8.61 Å². The summed E-state index contributed by atoms with van der Waals surface area (Å²) in [7, 11) is -3.31. The van der Waals surface area contributed by atoms with E-state index in [0.29, 0.717) is 50.5 Å². The molecule has 0 saturated carbocycles. The maximum atomic E-state index is 12.8. The summed E-state index contributed by atoms with van der Waals surface area (Å²) >= 11 is 0. The lowest BCUT2D eigenvalue weighted by molar-refractivity contribution is 0.171. The summed E-state index contributed by atoms with van der Waals surface area (Å²) in [4.78, 5) is 0. The minimum atomic E-state index is -3.31. The number of hydrogen-bond donors (Lipinski definition) is 1. The first-order valence-corrected chi connectivity index (χ1v) is 9.19. The Bertz CT molecular complexity index is 416. The molecule has 4 atom stereocenters. The maximum Gasteiger partial charge on any atom is 0.282 e. The molecule has 2 N–H and O–H groups in total. The standard InChI is InChI=1S/C14H29N3O2S/c1-11-6-12(2)9-17(8-11)20(18,19)16-5-4-13(3)14(7-15)10-16/h11-14H,4-10,15H2,1-3H3. The van der Waals surface area contributed by atoms with Gasteiger partial charge in [0.2, 0.25) is 0 Å². The van der Waals surface area contributed by atoms with E-state index in [4.69, 9.17) is 5.73 Å². The van der Waals surface area contributed by atoms with Gasteiger partial charge in [0.25, 0.3) is 10.2 Å². The van der Waals surface area contributed by atoms with Gasteiger partial charge in [-0.1, -0.05) is 20.8 Å². The molecule has 4 unspecified atom stereocenters. The minimum absolute atomic E-state index is 0.290. The Kier molecular flexibility index (Phi) is 5.10. The van der Waals surface area contributed by atoms with Gasteiger partial charge in [-0.15, -0.1) is 0 Å². The lowest BCUT2D eigenvalue weighted by atomic mass is 9.88. The summed E-state index contributed by atoms with van der Waals surface area (Å²) in [6, 6.07) is 0. The van der Waals surface area contributed by atoms with Crippen molar-refractivity contribution in [3.8, 4) is 0 Å². The number of hydrogen-bond acceptors (Lipinski definition) is 3. The Morgan fingerprint density at radius 1 is 1.05 bits per heavy atom. The van der Waals surface area contributed by atoms with E-state index in [-0.39, 0.29) is 5.92 Å². The second kappa shape index (κ2) is 6.30. The highest BCUT2D eigenvalue weighted by molar-refractivity contribution is 7.86. The van der Waals surface area contributed by atoms with Crippen LogP contribution in [0.1, 0.15) is 33.6 Å². The van der Waals surface area contributed by atoms with Crippen LogP contribution in [0, 0.1) is 23.7 Å². The smallest absolute Gasteiger partial charge is 0.282 e. The van der Waals surface area contributed by atoms with E-state index < -0.39 is 10.2 Å². The molecule has 0 radical (unpaired) electrons. The van der Waals surface area contributed by atoms with Gasteiger partial charge >= 0.3 is 0 Å². The van der Waals surface area contributed by atoms with E-state index in [1.807, 2.05) is 0 Å². The Balaban J connectivity index is 2.10. The van der Waals surface area contributed by atoms with Gasteiger partial charge in [0.1, 0.15) is 0 Å². The number of rotatable bonds is 3. The van der Waals surface area contributed by atoms with Crippen molar-refractivity contribution in [2.24, 2.45) is 29.4 Å². The average molecular weight is 303 g/mol. The molecule has 0 bridgehead atoms. The largest absolute Gasteiger partial charge is 0.330 e. The second-order valence-corrected chi connectivity index (χ2v) is 8.82. The molecule has 2 fully saturated rings. The monoisotopic (exact) mass is 303 g/mol. The molecule has 20 heavy (non-hydrogen) atoms. The van der Waals surface area contributed by atoms with Crippen molar-refractivity contribution in [2.75, 3.05) is 32.7 Å². The van der Waals surface area contributed by atoms with Crippen LogP contribution >= 0.6 is 0 Å². The SMILES string of the molecule is CC1CC(C)CN(S(=O)(=O)N2CCC(C)C(CN)C2)C1. The molecule has 2 aliphatic rings. The molecule has 0 aromatic carbocycles. The summed E-state index contributed by atoms with van der Waals surface area (Å²) in [5, 5.41) is 0. The highest BCUT2D eigenvalue weighted by Gasteiger charge is 2.38. The molecular formula is C14H29N3O2S. The summed E-state index contributed by atoms with van der Waals surface area (Å²) < 4.78 is 29.0. The molecule has 0 aromatic heterocycles. The number of piperidine rings is 2. The van der Waals surface area contributed by atoms with Gasteiger partial charge < -0.3 is 5.73 Å². The molecule has 0 spiro atoms. The quantitative estimate of drug-likeness (QED) is 0.850. The number of nitrogens with two attached hydrogens (primary N) is 1. The van der Waals surface area contributed by atoms with Crippen LogP contribution in [-0.4, -0.2) is 49.8 Å². The van der Waals surface area contributed by atoms with Gasteiger partial charge in [0, 0.05) is 26.2 Å². The van der Waals surface area contributed by atoms with Crippen LogP contribution in [-0.2, 0) is 10.2 Å². The van der Waals surface area contributed by atoms with E-state index in [0.717, 1.165) is 12.8 Å². The van der Waals surface area contributed by atoms with Gasteiger partial charge in [0.05, 0.1) is 0 Å². The fourth-order valence-electron chi connectivity index (χ4n) is 3.59. The van der Waals surface area contributed by atoms with Gasteiger partial charge in [-0.25, -0.2) is 0 Å². The highest BCUT2D eigenvalue weighted by atomic mass is 32.2. The van der Waals surface area contributed by atoms with Crippen molar-refractivity contribution in [1.82, 2.24) is 8.61 Å². The minimum Gasteiger partial charge on any atom is -0.330 e. The molecule has 0 amide bonds. The molecule has 0 aliphatic carbocycles. The number of nitrogens with zero attached hydrogens (tertiary/aromatic N) is 2. The molecule has 2 rings (SSSR count). The van der Waals surface area contributed by atoms with Crippen LogP contribution in [0.25, 0.3) is 0 Å². The predicted octanol–water partition coefficient (Wildman–Crippen LogP) is 1.13. The normalized spacial score (nSPS) is 38.0. The summed E-state index contributed by atoms with van der Waals surface area (Å²) in [6.45, 7) is 9.56. The van der Waals surface area contributed by atoms with Gasteiger partial charge in [0.15, 0.2) is 0 Å². The van der Waals surface area contributed by atoms with Crippen LogP contribution in [0.15, 0.2) is 0 Å². The lowest BCUT2D eigenvalue weighted by Crippen LogP contribution is -2.53. The lowest BCUT2D eigenvalue weighted by Gasteiger charge is -2.41. The van der Waals surface area contributed by atoms with Crippen molar-refractivity contribution in [1.29, 1.82) is 0 Å². The first kappa shape index (κ1) is 16.2. The van der Waals surface area contributed by atoms with Gasteiger partial charge in [-0.05, 0) is 43.1 Å². The van der Waals surface area contributed by atoms with Gasteiger partial charge in [-0.3, -0.25) is 0 Å². The van der Waals surface area contributed by atoms with Crippen molar-refractivity contribution in [2.45, 2.75) is 33.6 Å². The molecule has 2 aliphatic heterocycles. The van der Waals surface area contributed by atoms with Crippen LogP contribution < -0.4 is 5.73 Å². The van der Waals surface area contributed by atoms with Crippen molar-refractivity contribution in [3.05, 3.63) is 0 Å². The van der Waals surface area contributed by atoms with Crippen molar-refractivity contribution < 1.29 is 8.42 Å². The fraction of sp³-hybridized carbons (Fsp3) is 1.00. The molecule has 5 nitrogen and oxygen atoms in total. The zero-order valence-corrected chi connectivity index (χ0v) is 13.8. The van der Waals surface area contributed by atoms with Crippen LogP contribution in [0.5, 0.6) is 0 Å². The second-order valence-electron chi connectivity index (χ2n) is 6.89. The third-order valence-electron chi connectivity index (χ3n) is 4.87. The summed E-state index contributed by atoms with van der Waals surface area (Å²) in [5.41, 5.74) is 5.79. The molecule has 6 heteroatoms. The van der Waals surface area contributed by atoms with E-state index in [1.165, 1.54) is 0 Å². The molecule has 0 aromatic rings. The first-order chi connectivity index (χ1) is 9.34. The first-order valence-electron chi connectivity index (χ1n) is 7.79. The summed E-state index contributed by atoms with van der Waals surface area (Å²) in [6.07, 6.45) is 2.04. The zero-order chi connectivity index (χ0) is 14.9. The van der Waals surface area contributed by atoms with Crippen LogP contribution in [0.3, 0.4) is 0 Å². The highest BCUT2D eigenvalue weighted by Crippen LogP contribution is 2.29. The Morgan fingerprint density at radius 2 is 1.65 bits per heavy atom. The Labute approximate surface area is 123 Å². The molecule has 2 saturated heterocycles. The van der Waals surface area contributed by atoms with Crippen molar-refractivity contribution >= 4 is 10.2 Å². The van der Waals surface area contributed by atoms with Crippen LogP contribution in [0.4, 0.5) is 0 Å². The molecule has 2 heterocycles. The average Bonchev–Trinajstić information content (AvgIpc) is 2.37. The van der Waals surface area contributed by atoms with Crippen LogP contribution in [0.2, 0.25) is 0 Å². The molecule has 118 valence electrons. The predicted molar refractivity (Wildman–Crippen MR) is 81.3 cm³/mol. The Hall–Kier alpha value is -0.170. The molecular weight excluding hydrogens is 274 g/mol. The van der Waals surface area contributed by atoms with Crippen molar-refractivity contribution in [3.63, 3.8) is 0 Å². The van der Waals surface area contributed by atoms with E-state index in [9.17, 15) is 8.42 Å². The van der Waals surface area contributed by atoms with E-state index in [2.05, 4.69) is 20.8 Å². The topological polar surface area (TPSA) is 66.6 Å². The fourth-order valence-corrected chi connectivity index (χ4v) is 5.52. The third kappa shape index (κ3) is 3.35. The maximum absolute atomic E-state index is 12.8. The third-order valence-corrected chi connectivity index (χ3v) is 6.80. The Morgan fingerprint density at radius 3 is 2.20 bits per heavy atom.